The summed E-state index contributed by atoms with van der Waals surface area (Å²) in [6, 6.07) is 3.40. The number of sulfone groups is 1. The van der Waals surface area contributed by atoms with Crippen LogP contribution in [-0.4, -0.2) is 20.7 Å². The molecule has 0 aliphatic carbocycles. The Hall–Kier alpha value is -0.390. The van der Waals surface area contributed by atoms with Crippen LogP contribution in [0.3, 0.4) is 0 Å². The average Bonchev–Trinajstić information content (AvgIpc) is 2.69. The van der Waals surface area contributed by atoms with Crippen molar-refractivity contribution in [3.63, 3.8) is 0 Å². The lowest BCUT2D eigenvalue weighted by atomic mass is 9.91. The Morgan fingerprint density at radius 3 is 2.60 bits per heavy atom. The minimum Gasteiger partial charge on any atom is -0.330 e. The first-order valence-electron chi connectivity index (χ1n) is 4.84. The molecule has 0 amide bonds. The fourth-order valence-electron chi connectivity index (χ4n) is 1.05. The lowest BCUT2D eigenvalue weighted by Gasteiger charge is -2.21. The molecule has 1 rings (SSSR count). The van der Waals surface area contributed by atoms with Crippen LogP contribution in [0.15, 0.2) is 21.7 Å². The molecule has 15 heavy (non-hydrogen) atoms. The maximum absolute atomic E-state index is 11.8. The van der Waals surface area contributed by atoms with Crippen molar-refractivity contribution in [2.45, 2.75) is 24.5 Å². The zero-order valence-electron chi connectivity index (χ0n) is 9.06. The third kappa shape index (κ3) is 3.59. The molecule has 5 heteroatoms. The minimum absolute atomic E-state index is 0.107. The van der Waals surface area contributed by atoms with E-state index in [1.807, 2.05) is 13.8 Å². The van der Waals surface area contributed by atoms with Crippen molar-refractivity contribution < 1.29 is 8.42 Å². The average molecular weight is 247 g/mol. The van der Waals surface area contributed by atoms with Gasteiger partial charge in [0.15, 0.2) is 9.84 Å². The number of nitrogens with two attached hydrogens (primary N) is 1. The van der Waals surface area contributed by atoms with Crippen molar-refractivity contribution in [1.82, 2.24) is 0 Å². The number of hydrogen-bond donors (Lipinski definition) is 1. The molecule has 0 fully saturated rings. The summed E-state index contributed by atoms with van der Waals surface area (Å²) < 4.78 is 24.1. The van der Waals surface area contributed by atoms with Gasteiger partial charge in [0, 0.05) is 0 Å². The van der Waals surface area contributed by atoms with Gasteiger partial charge in [-0.25, -0.2) is 8.42 Å². The Kier molecular flexibility index (Phi) is 3.92. The van der Waals surface area contributed by atoms with Gasteiger partial charge in [0.25, 0.3) is 0 Å². The van der Waals surface area contributed by atoms with Crippen LogP contribution in [0.2, 0.25) is 0 Å². The first-order valence-corrected chi connectivity index (χ1v) is 7.37. The molecular weight excluding hydrogens is 230 g/mol. The van der Waals surface area contributed by atoms with Crippen LogP contribution in [0, 0.1) is 5.41 Å². The lowest BCUT2D eigenvalue weighted by molar-refractivity contribution is 0.365. The molecule has 2 N–H and O–H groups in total. The summed E-state index contributed by atoms with van der Waals surface area (Å²) in [6.07, 6.45) is 0.601. The molecule has 0 spiro atoms. The van der Waals surface area contributed by atoms with Gasteiger partial charge in [-0.15, -0.1) is 11.3 Å². The second kappa shape index (κ2) is 4.63. The summed E-state index contributed by atoms with van der Waals surface area (Å²) in [5.74, 6) is 0.178. The van der Waals surface area contributed by atoms with E-state index < -0.39 is 9.84 Å². The van der Waals surface area contributed by atoms with Crippen LogP contribution in [0.25, 0.3) is 0 Å². The van der Waals surface area contributed by atoms with E-state index >= 15 is 0 Å². The maximum Gasteiger partial charge on any atom is 0.187 e. The Morgan fingerprint density at radius 1 is 1.47 bits per heavy atom. The van der Waals surface area contributed by atoms with Crippen molar-refractivity contribution in [3.8, 4) is 0 Å². The van der Waals surface area contributed by atoms with Crippen LogP contribution in [-0.2, 0) is 9.84 Å². The Balaban J connectivity index is 2.67. The van der Waals surface area contributed by atoms with Gasteiger partial charge < -0.3 is 5.73 Å². The molecule has 0 saturated carbocycles. The normalized spacial score (nSPS) is 13.0. The minimum atomic E-state index is -3.10. The van der Waals surface area contributed by atoms with E-state index in [0.717, 1.165) is 0 Å². The first-order chi connectivity index (χ1) is 6.87. The molecule has 1 aromatic rings. The van der Waals surface area contributed by atoms with Crippen molar-refractivity contribution in [2.24, 2.45) is 11.1 Å². The lowest BCUT2D eigenvalue weighted by Crippen LogP contribution is -2.26. The van der Waals surface area contributed by atoms with E-state index in [4.69, 9.17) is 5.73 Å². The third-order valence-electron chi connectivity index (χ3n) is 2.40. The van der Waals surface area contributed by atoms with Crippen LogP contribution >= 0.6 is 11.3 Å². The molecule has 3 nitrogen and oxygen atoms in total. The predicted molar refractivity (Wildman–Crippen MR) is 63.8 cm³/mol. The standard InChI is InChI=1S/C10H17NO2S2/c1-10(2,8-11)5-7-15(12,13)9-4-3-6-14-9/h3-4,6H,5,7-8,11H2,1-2H3. The summed E-state index contributed by atoms with van der Waals surface area (Å²) in [6.45, 7) is 4.47. The van der Waals surface area contributed by atoms with E-state index in [1.165, 1.54) is 11.3 Å². The second-order valence-corrected chi connectivity index (χ2v) is 7.65. The van der Waals surface area contributed by atoms with Crippen molar-refractivity contribution in [1.29, 1.82) is 0 Å². The summed E-state index contributed by atoms with van der Waals surface area (Å²) >= 11 is 1.27. The molecule has 0 aromatic carbocycles. The Bertz CT molecular complexity index is 393. The Morgan fingerprint density at radius 2 is 2.13 bits per heavy atom. The maximum atomic E-state index is 11.8. The molecule has 0 saturated heterocycles. The fourth-order valence-corrected chi connectivity index (χ4v) is 3.81. The van der Waals surface area contributed by atoms with E-state index in [9.17, 15) is 8.42 Å². The van der Waals surface area contributed by atoms with Gasteiger partial charge in [-0.05, 0) is 29.8 Å². The Labute approximate surface area is 95.2 Å². The van der Waals surface area contributed by atoms with Crippen molar-refractivity contribution in [3.05, 3.63) is 17.5 Å². The van der Waals surface area contributed by atoms with Crippen LogP contribution in [0.1, 0.15) is 20.3 Å². The molecule has 0 atom stereocenters. The molecular formula is C10H17NO2S2. The summed E-state index contributed by atoms with van der Waals surface area (Å²) in [5, 5.41) is 1.78. The summed E-state index contributed by atoms with van der Waals surface area (Å²) in [7, 11) is -3.10. The number of rotatable bonds is 5. The van der Waals surface area contributed by atoms with Gasteiger partial charge >= 0.3 is 0 Å². The van der Waals surface area contributed by atoms with Crippen molar-refractivity contribution >= 4 is 21.2 Å². The fraction of sp³-hybridized carbons (Fsp3) is 0.600. The molecule has 86 valence electrons. The molecule has 0 unspecified atom stereocenters. The van der Waals surface area contributed by atoms with Gasteiger partial charge in [-0.2, -0.15) is 0 Å². The zero-order chi connectivity index (χ0) is 11.5. The van der Waals surface area contributed by atoms with Gasteiger partial charge in [-0.1, -0.05) is 19.9 Å². The van der Waals surface area contributed by atoms with Crippen LogP contribution in [0.5, 0.6) is 0 Å². The first kappa shape index (κ1) is 12.7. The SMILES string of the molecule is CC(C)(CN)CCS(=O)(=O)c1cccs1. The molecule has 0 aliphatic heterocycles. The quantitative estimate of drug-likeness (QED) is 0.864. The molecule has 1 heterocycles. The van der Waals surface area contributed by atoms with E-state index in [2.05, 4.69) is 0 Å². The molecule has 0 bridgehead atoms. The van der Waals surface area contributed by atoms with E-state index in [-0.39, 0.29) is 11.2 Å². The number of hydrogen-bond acceptors (Lipinski definition) is 4. The largest absolute Gasteiger partial charge is 0.330 e. The van der Waals surface area contributed by atoms with Crippen LogP contribution < -0.4 is 5.73 Å². The summed E-state index contributed by atoms with van der Waals surface area (Å²) in [5.41, 5.74) is 5.46. The molecule has 1 aromatic heterocycles. The number of thiophene rings is 1. The van der Waals surface area contributed by atoms with E-state index in [0.29, 0.717) is 17.2 Å². The second-order valence-electron chi connectivity index (χ2n) is 4.37. The smallest absolute Gasteiger partial charge is 0.187 e. The van der Waals surface area contributed by atoms with Crippen molar-refractivity contribution in [2.75, 3.05) is 12.3 Å². The van der Waals surface area contributed by atoms with Gasteiger partial charge in [-0.3, -0.25) is 0 Å². The third-order valence-corrected chi connectivity index (χ3v) is 5.60. The summed E-state index contributed by atoms with van der Waals surface area (Å²) in [4.78, 5) is 0. The highest BCUT2D eigenvalue weighted by atomic mass is 32.2. The predicted octanol–water partition coefficient (Wildman–Crippen LogP) is 1.90. The highest BCUT2D eigenvalue weighted by Crippen LogP contribution is 2.24. The molecule has 0 aliphatic rings. The highest BCUT2D eigenvalue weighted by Gasteiger charge is 2.22. The monoisotopic (exact) mass is 247 g/mol. The molecule has 0 radical (unpaired) electrons. The van der Waals surface area contributed by atoms with Gasteiger partial charge in [0.1, 0.15) is 4.21 Å². The van der Waals surface area contributed by atoms with E-state index in [1.54, 1.807) is 17.5 Å². The van der Waals surface area contributed by atoms with Gasteiger partial charge in [0.05, 0.1) is 5.75 Å². The zero-order valence-corrected chi connectivity index (χ0v) is 10.7. The highest BCUT2D eigenvalue weighted by molar-refractivity contribution is 7.93. The van der Waals surface area contributed by atoms with Crippen LogP contribution in [0.4, 0.5) is 0 Å². The topological polar surface area (TPSA) is 60.2 Å². The van der Waals surface area contributed by atoms with Gasteiger partial charge in [0.2, 0.25) is 0 Å².